The lowest BCUT2D eigenvalue weighted by Gasteiger charge is -2.33. The van der Waals surface area contributed by atoms with Crippen LogP contribution in [0.4, 0.5) is 0 Å². The zero-order chi connectivity index (χ0) is 15.0. The summed E-state index contributed by atoms with van der Waals surface area (Å²) in [4.78, 5) is 30.7. The molecule has 2 aromatic heterocycles. The van der Waals surface area contributed by atoms with Crippen molar-refractivity contribution in [2.45, 2.75) is 19.4 Å². The van der Waals surface area contributed by atoms with Crippen molar-refractivity contribution in [1.82, 2.24) is 9.88 Å². The van der Waals surface area contributed by atoms with Crippen molar-refractivity contribution in [3.05, 3.63) is 51.5 Å². The first kappa shape index (κ1) is 13.8. The Balaban J connectivity index is 1.89. The summed E-state index contributed by atoms with van der Waals surface area (Å²) in [6.45, 7) is 2.62. The third kappa shape index (κ3) is 2.42. The Hall–Kier alpha value is -2.21. The highest BCUT2D eigenvalue weighted by molar-refractivity contribution is 7.10. The van der Waals surface area contributed by atoms with Crippen LogP contribution in [0.25, 0.3) is 0 Å². The van der Waals surface area contributed by atoms with E-state index in [2.05, 4.69) is 4.98 Å². The van der Waals surface area contributed by atoms with Crippen LogP contribution in [0.15, 0.2) is 29.8 Å². The second kappa shape index (κ2) is 5.29. The third-order valence-corrected chi connectivity index (χ3v) is 4.76. The maximum Gasteiger partial charge on any atom is 0.335 e. The summed E-state index contributed by atoms with van der Waals surface area (Å²) in [7, 11) is 0. The van der Waals surface area contributed by atoms with E-state index < -0.39 is 5.97 Å². The Morgan fingerprint density at radius 2 is 2.24 bits per heavy atom. The van der Waals surface area contributed by atoms with Gasteiger partial charge in [0.05, 0.1) is 11.6 Å². The molecule has 1 aliphatic rings. The quantitative estimate of drug-likeness (QED) is 0.925. The maximum absolute atomic E-state index is 12.6. The number of aromatic carboxylic acids is 1. The largest absolute Gasteiger partial charge is 0.478 e. The molecule has 5 nitrogen and oxygen atoms in total. The lowest BCUT2D eigenvalue weighted by Crippen LogP contribution is -2.38. The van der Waals surface area contributed by atoms with Crippen LogP contribution < -0.4 is 0 Å². The average molecular weight is 302 g/mol. The number of pyridine rings is 1. The van der Waals surface area contributed by atoms with Gasteiger partial charge in [0.2, 0.25) is 0 Å². The fraction of sp³-hybridized carbons (Fsp3) is 0.267. The zero-order valence-electron chi connectivity index (χ0n) is 11.4. The SMILES string of the molecule is C[C@H]1c2ccsc2CCN1C(=O)c1cc(C(=O)O)ccn1. The number of nitrogens with zero attached hydrogens (tertiary/aromatic N) is 2. The Morgan fingerprint density at radius 3 is 3.00 bits per heavy atom. The zero-order valence-corrected chi connectivity index (χ0v) is 12.3. The molecule has 0 bridgehead atoms. The molecule has 1 aliphatic heterocycles. The molecule has 6 heteroatoms. The van der Waals surface area contributed by atoms with Gasteiger partial charge in [-0.25, -0.2) is 4.79 Å². The van der Waals surface area contributed by atoms with Crippen LogP contribution in [-0.2, 0) is 6.42 Å². The topological polar surface area (TPSA) is 70.5 Å². The predicted molar refractivity (Wildman–Crippen MR) is 78.7 cm³/mol. The Morgan fingerprint density at radius 1 is 1.43 bits per heavy atom. The Bertz CT molecular complexity index is 710. The molecule has 0 radical (unpaired) electrons. The molecular formula is C15H14N2O3S. The van der Waals surface area contributed by atoms with Crippen molar-refractivity contribution in [2.24, 2.45) is 0 Å². The molecule has 1 amide bonds. The van der Waals surface area contributed by atoms with Crippen LogP contribution >= 0.6 is 11.3 Å². The minimum Gasteiger partial charge on any atom is -0.478 e. The molecule has 1 N–H and O–H groups in total. The number of amides is 1. The number of carboxylic acid groups (broad SMARTS) is 1. The minimum absolute atomic E-state index is 0.0113. The number of aromatic nitrogens is 1. The molecule has 0 aromatic carbocycles. The number of hydrogen-bond acceptors (Lipinski definition) is 4. The normalized spacial score (nSPS) is 17.4. The van der Waals surface area contributed by atoms with Gasteiger partial charge in [-0.15, -0.1) is 11.3 Å². The summed E-state index contributed by atoms with van der Waals surface area (Å²) in [5, 5.41) is 11.0. The third-order valence-electron chi connectivity index (χ3n) is 3.76. The van der Waals surface area contributed by atoms with Crippen molar-refractivity contribution in [1.29, 1.82) is 0 Å². The van der Waals surface area contributed by atoms with E-state index in [4.69, 9.17) is 5.11 Å². The summed E-state index contributed by atoms with van der Waals surface area (Å²) in [6.07, 6.45) is 2.20. The molecule has 0 spiro atoms. The fourth-order valence-corrected chi connectivity index (χ4v) is 3.58. The van der Waals surface area contributed by atoms with E-state index in [0.717, 1.165) is 6.42 Å². The monoisotopic (exact) mass is 302 g/mol. The predicted octanol–water partition coefficient (Wildman–Crippen LogP) is 2.60. The van der Waals surface area contributed by atoms with E-state index in [1.165, 1.54) is 28.8 Å². The van der Waals surface area contributed by atoms with E-state index in [1.54, 1.807) is 16.2 Å². The Kier molecular flexibility index (Phi) is 3.47. The van der Waals surface area contributed by atoms with Crippen molar-refractivity contribution < 1.29 is 14.7 Å². The van der Waals surface area contributed by atoms with Gasteiger partial charge in [-0.05, 0) is 42.5 Å². The van der Waals surface area contributed by atoms with Crippen molar-refractivity contribution in [3.8, 4) is 0 Å². The van der Waals surface area contributed by atoms with Gasteiger partial charge in [-0.1, -0.05) is 0 Å². The number of hydrogen-bond donors (Lipinski definition) is 1. The van der Waals surface area contributed by atoms with Gasteiger partial charge in [0.1, 0.15) is 5.69 Å². The second-order valence-corrected chi connectivity index (χ2v) is 5.96. The highest BCUT2D eigenvalue weighted by Crippen LogP contribution is 2.33. The summed E-state index contributed by atoms with van der Waals surface area (Å²) in [5.41, 5.74) is 1.43. The minimum atomic E-state index is -1.06. The van der Waals surface area contributed by atoms with Crippen LogP contribution in [-0.4, -0.2) is 33.4 Å². The molecule has 3 heterocycles. The molecule has 0 unspecified atom stereocenters. The van der Waals surface area contributed by atoms with Crippen LogP contribution in [0.5, 0.6) is 0 Å². The van der Waals surface area contributed by atoms with Gasteiger partial charge in [0.15, 0.2) is 0 Å². The van der Waals surface area contributed by atoms with Gasteiger partial charge in [-0.2, -0.15) is 0 Å². The molecule has 108 valence electrons. The van der Waals surface area contributed by atoms with Gasteiger partial charge in [0.25, 0.3) is 5.91 Å². The number of carbonyl (C=O) groups excluding carboxylic acids is 1. The summed E-state index contributed by atoms with van der Waals surface area (Å²) >= 11 is 1.71. The maximum atomic E-state index is 12.6. The van der Waals surface area contributed by atoms with Gasteiger partial charge >= 0.3 is 5.97 Å². The standard InChI is InChI=1S/C15H14N2O3S/c1-9-11-4-7-21-13(11)3-6-17(9)14(18)12-8-10(15(19)20)2-5-16-12/h2,4-5,7-9H,3,6H2,1H3,(H,19,20)/t9-/m0/s1. The number of rotatable bonds is 2. The number of carbonyl (C=O) groups is 2. The molecule has 0 aliphatic carbocycles. The van der Waals surface area contributed by atoms with Crippen LogP contribution in [0.3, 0.4) is 0 Å². The first-order chi connectivity index (χ1) is 10.1. The number of fused-ring (bicyclic) bond motifs is 1. The van der Waals surface area contributed by atoms with Crippen molar-refractivity contribution >= 4 is 23.2 Å². The molecular weight excluding hydrogens is 288 g/mol. The highest BCUT2D eigenvalue weighted by Gasteiger charge is 2.29. The molecule has 0 fully saturated rings. The fourth-order valence-electron chi connectivity index (χ4n) is 2.61. The Labute approximate surface area is 125 Å². The highest BCUT2D eigenvalue weighted by atomic mass is 32.1. The summed E-state index contributed by atoms with van der Waals surface area (Å²) in [5.74, 6) is -1.28. The van der Waals surface area contributed by atoms with Gasteiger partial charge in [0, 0.05) is 17.6 Å². The summed E-state index contributed by atoms with van der Waals surface area (Å²) < 4.78 is 0. The lowest BCUT2D eigenvalue weighted by molar-refractivity contribution is 0.0673. The number of carboxylic acids is 1. The summed E-state index contributed by atoms with van der Waals surface area (Å²) in [6, 6.07) is 4.75. The molecule has 0 saturated heterocycles. The lowest BCUT2D eigenvalue weighted by atomic mass is 10.0. The first-order valence-corrected chi connectivity index (χ1v) is 7.52. The average Bonchev–Trinajstić information content (AvgIpc) is 2.96. The van der Waals surface area contributed by atoms with E-state index in [1.807, 2.05) is 18.4 Å². The molecule has 0 saturated carbocycles. The van der Waals surface area contributed by atoms with E-state index >= 15 is 0 Å². The van der Waals surface area contributed by atoms with Crippen LogP contribution in [0.1, 0.15) is 44.3 Å². The first-order valence-electron chi connectivity index (χ1n) is 6.64. The molecule has 21 heavy (non-hydrogen) atoms. The van der Waals surface area contributed by atoms with Crippen molar-refractivity contribution in [3.63, 3.8) is 0 Å². The van der Waals surface area contributed by atoms with E-state index in [0.29, 0.717) is 6.54 Å². The molecule has 3 rings (SSSR count). The number of thiophene rings is 1. The molecule has 2 aromatic rings. The van der Waals surface area contributed by atoms with E-state index in [-0.39, 0.29) is 23.2 Å². The van der Waals surface area contributed by atoms with E-state index in [9.17, 15) is 9.59 Å². The molecule has 1 atom stereocenters. The van der Waals surface area contributed by atoms with Crippen molar-refractivity contribution in [2.75, 3.05) is 6.54 Å². The van der Waals surface area contributed by atoms with Gasteiger partial charge in [-0.3, -0.25) is 9.78 Å². The smallest absolute Gasteiger partial charge is 0.335 e. The second-order valence-electron chi connectivity index (χ2n) is 4.96. The van der Waals surface area contributed by atoms with Gasteiger partial charge < -0.3 is 10.0 Å². The van der Waals surface area contributed by atoms with Crippen LogP contribution in [0.2, 0.25) is 0 Å². The van der Waals surface area contributed by atoms with Crippen LogP contribution in [0, 0.1) is 0 Å².